The van der Waals surface area contributed by atoms with Crippen LogP contribution in [0.5, 0.6) is 0 Å². The molecule has 1 heteroatoms. The molecule has 0 fully saturated rings. The second-order valence-corrected chi connectivity index (χ2v) is 5.63. The lowest BCUT2D eigenvalue weighted by atomic mass is 9.93. The molecule has 2 unspecified atom stereocenters. The second-order valence-electron chi connectivity index (χ2n) is 5.63. The Kier molecular flexibility index (Phi) is 11.6. The van der Waals surface area contributed by atoms with Crippen LogP contribution in [-0.4, -0.2) is 0 Å². The molecule has 0 heterocycles. The second kappa shape index (κ2) is 12.0. The van der Waals surface area contributed by atoms with E-state index in [1.807, 2.05) is 6.92 Å². The maximum atomic E-state index is 8.75. The normalized spacial score (nSPS) is 14.2. The van der Waals surface area contributed by atoms with Crippen LogP contribution in [0.4, 0.5) is 0 Å². The smallest absolute Gasteiger partial charge is 0.0652 e. The third-order valence-electron chi connectivity index (χ3n) is 3.53. The third kappa shape index (κ3) is 11.7. The fourth-order valence-electron chi connectivity index (χ4n) is 2.40. The van der Waals surface area contributed by atoms with E-state index < -0.39 is 0 Å². The first kappa shape index (κ1) is 16.5. The summed E-state index contributed by atoms with van der Waals surface area (Å²) < 4.78 is 0. The fraction of sp³-hybridized carbons (Fsp3) is 0.938. The van der Waals surface area contributed by atoms with Crippen LogP contribution in [-0.2, 0) is 0 Å². The van der Waals surface area contributed by atoms with E-state index in [1.165, 1.54) is 57.8 Å². The fourth-order valence-corrected chi connectivity index (χ4v) is 2.40. The van der Waals surface area contributed by atoms with Crippen molar-refractivity contribution < 1.29 is 0 Å². The van der Waals surface area contributed by atoms with Crippen molar-refractivity contribution in [3.8, 4) is 6.07 Å². The molecule has 0 aliphatic rings. The van der Waals surface area contributed by atoms with Gasteiger partial charge in [0.25, 0.3) is 0 Å². The molecule has 0 rings (SSSR count). The molecule has 1 nitrogen and oxygen atoms in total. The Morgan fingerprint density at radius 1 is 0.882 bits per heavy atom. The zero-order valence-corrected chi connectivity index (χ0v) is 12.2. The molecule has 2 atom stereocenters. The molecule has 0 saturated carbocycles. The summed E-state index contributed by atoms with van der Waals surface area (Å²) in [5.74, 6) is 0.962. The van der Waals surface area contributed by atoms with Gasteiger partial charge < -0.3 is 0 Å². The minimum absolute atomic E-state index is 0.235. The van der Waals surface area contributed by atoms with Gasteiger partial charge in [0.15, 0.2) is 0 Å². The highest BCUT2D eigenvalue weighted by molar-refractivity contribution is 4.79. The lowest BCUT2D eigenvalue weighted by Gasteiger charge is -2.12. The van der Waals surface area contributed by atoms with Gasteiger partial charge in [0.1, 0.15) is 0 Å². The first-order chi connectivity index (χ1) is 8.20. The van der Waals surface area contributed by atoms with Crippen LogP contribution in [0.3, 0.4) is 0 Å². The molecule has 0 radical (unpaired) electrons. The van der Waals surface area contributed by atoms with Crippen molar-refractivity contribution in [2.24, 2.45) is 11.8 Å². The van der Waals surface area contributed by atoms with E-state index in [0.717, 1.165) is 12.3 Å². The molecule has 100 valence electrons. The summed E-state index contributed by atoms with van der Waals surface area (Å²) in [4.78, 5) is 0. The van der Waals surface area contributed by atoms with Crippen LogP contribution in [0.2, 0.25) is 0 Å². The molecule has 0 amide bonds. The summed E-state index contributed by atoms with van der Waals surface area (Å²) in [7, 11) is 0. The minimum Gasteiger partial charge on any atom is -0.198 e. The Hall–Kier alpha value is -0.510. The highest BCUT2D eigenvalue weighted by atomic mass is 14.3. The monoisotopic (exact) mass is 237 g/mol. The van der Waals surface area contributed by atoms with Crippen LogP contribution in [0.25, 0.3) is 0 Å². The molecule has 17 heavy (non-hydrogen) atoms. The van der Waals surface area contributed by atoms with E-state index in [2.05, 4.69) is 19.9 Å². The molecule has 0 spiro atoms. The van der Waals surface area contributed by atoms with Crippen LogP contribution in [0.15, 0.2) is 0 Å². The van der Waals surface area contributed by atoms with Gasteiger partial charge in [0.2, 0.25) is 0 Å². The molecule has 0 aromatic heterocycles. The van der Waals surface area contributed by atoms with E-state index >= 15 is 0 Å². The Morgan fingerprint density at radius 2 is 1.41 bits per heavy atom. The predicted octanol–water partition coefficient (Wildman–Crippen LogP) is 5.70. The first-order valence-corrected chi connectivity index (χ1v) is 7.60. The molecule has 0 bridgehead atoms. The number of nitrogens with zero attached hydrogens (tertiary/aromatic N) is 1. The SMILES string of the molecule is CCCCCCCCCCC(C)CC(C)C#N. The maximum Gasteiger partial charge on any atom is 0.0652 e. The van der Waals surface area contributed by atoms with Gasteiger partial charge in [0, 0.05) is 5.92 Å². The van der Waals surface area contributed by atoms with Crippen molar-refractivity contribution in [1.82, 2.24) is 0 Å². The van der Waals surface area contributed by atoms with Gasteiger partial charge in [-0.25, -0.2) is 0 Å². The van der Waals surface area contributed by atoms with Gasteiger partial charge >= 0.3 is 0 Å². The van der Waals surface area contributed by atoms with E-state index in [1.54, 1.807) is 0 Å². The van der Waals surface area contributed by atoms with Gasteiger partial charge in [0.05, 0.1) is 6.07 Å². The van der Waals surface area contributed by atoms with Crippen LogP contribution >= 0.6 is 0 Å². The molecule has 0 aromatic carbocycles. The lowest BCUT2D eigenvalue weighted by molar-refractivity contribution is 0.419. The Balaban J connectivity index is 3.20. The molecule has 0 saturated heterocycles. The van der Waals surface area contributed by atoms with Crippen molar-refractivity contribution >= 4 is 0 Å². The largest absolute Gasteiger partial charge is 0.198 e. The number of hydrogen-bond donors (Lipinski definition) is 0. The molecule has 0 aliphatic heterocycles. The van der Waals surface area contributed by atoms with E-state index in [-0.39, 0.29) is 5.92 Å². The Bertz CT molecular complexity index is 192. The van der Waals surface area contributed by atoms with E-state index in [4.69, 9.17) is 5.26 Å². The number of nitriles is 1. The minimum atomic E-state index is 0.235. The summed E-state index contributed by atoms with van der Waals surface area (Å²) >= 11 is 0. The molecule has 0 aromatic rings. The van der Waals surface area contributed by atoms with Crippen LogP contribution < -0.4 is 0 Å². The number of unbranched alkanes of at least 4 members (excludes halogenated alkanes) is 7. The summed E-state index contributed by atoms with van der Waals surface area (Å²) in [6.45, 7) is 6.59. The number of rotatable bonds is 11. The van der Waals surface area contributed by atoms with Crippen molar-refractivity contribution in [3.63, 3.8) is 0 Å². The summed E-state index contributed by atoms with van der Waals surface area (Å²) in [6, 6.07) is 2.33. The third-order valence-corrected chi connectivity index (χ3v) is 3.53. The van der Waals surface area contributed by atoms with Gasteiger partial charge in [-0.2, -0.15) is 5.26 Å². The van der Waals surface area contributed by atoms with Crippen molar-refractivity contribution in [2.45, 2.75) is 85.0 Å². The van der Waals surface area contributed by atoms with Crippen molar-refractivity contribution in [1.29, 1.82) is 5.26 Å². The van der Waals surface area contributed by atoms with E-state index in [9.17, 15) is 0 Å². The highest BCUT2D eigenvalue weighted by Crippen LogP contribution is 2.18. The first-order valence-electron chi connectivity index (χ1n) is 7.60. The summed E-state index contributed by atoms with van der Waals surface area (Å²) in [5.41, 5.74) is 0. The average molecular weight is 237 g/mol. The topological polar surface area (TPSA) is 23.8 Å². The van der Waals surface area contributed by atoms with Gasteiger partial charge in [-0.3, -0.25) is 0 Å². The standard InChI is InChI=1S/C16H31N/c1-4-5-6-7-8-9-10-11-12-15(2)13-16(3)14-17/h15-16H,4-13H2,1-3H3. The van der Waals surface area contributed by atoms with Crippen LogP contribution in [0.1, 0.15) is 85.0 Å². The van der Waals surface area contributed by atoms with Gasteiger partial charge in [-0.05, 0) is 19.3 Å². The van der Waals surface area contributed by atoms with Gasteiger partial charge in [-0.15, -0.1) is 0 Å². The predicted molar refractivity (Wildman–Crippen MR) is 75.8 cm³/mol. The van der Waals surface area contributed by atoms with E-state index in [0.29, 0.717) is 0 Å². The van der Waals surface area contributed by atoms with Crippen molar-refractivity contribution in [2.75, 3.05) is 0 Å². The quantitative estimate of drug-likeness (QED) is 0.423. The zero-order chi connectivity index (χ0) is 12.9. The zero-order valence-electron chi connectivity index (χ0n) is 12.2. The van der Waals surface area contributed by atoms with Crippen LogP contribution in [0, 0.1) is 23.2 Å². The van der Waals surface area contributed by atoms with Gasteiger partial charge in [-0.1, -0.05) is 71.6 Å². The molecular weight excluding hydrogens is 206 g/mol. The Labute approximate surface area is 109 Å². The molecule has 0 aliphatic carbocycles. The summed E-state index contributed by atoms with van der Waals surface area (Å²) in [6.07, 6.45) is 13.5. The number of hydrogen-bond acceptors (Lipinski definition) is 1. The van der Waals surface area contributed by atoms with Crippen molar-refractivity contribution in [3.05, 3.63) is 0 Å². The molecular formula is C16H31N. The average Bonchev–Trinajstić information content (AvgIpc) is 2.32. The highest BCUT2D eigenvalue weighted by Gasteiger charge is 2.07. The molecule has 0 N–H and O–H groups in total. The maximum absolute atomic E-state index is 8.75. The summed E-state index contributed by atoms with van der Waals surface area (Å²) in [5, 5.41) is 8.75. The lowest BCUT2D eigenvalue weighted by Crippen LogP contribution is -2.01. The Morgan fingerprint density at radius 3 is 1.94 bits per heavy atom.